The Hall–Kier alpha value is -0.540. The van der Waals surface area contributed by atoms with E-state index in [4.69, 9.17) is 18.0 Å². The van der Waals surface area contributed by atoms with Crippen molar-refractivity contribution in [1.29, 1.82) is 0 Å². The van der Waals surface area contributed by atoms with Crippen LogP contribution in [0.4, 0.5) is 0 Å². The van der Waals surface area contributed by atoms with Gasteiger partial charge in [0.15, 0.2) is 0 Å². The van der Waals surface area contributed by atoms with Crippen molar-refractivity contribution in [2.45, 2.75) is 12.7 Å². The highest BCUT2D eigenvalue weighted by Gasteiger charge is 1.93. The van der Waals surface area contributed by atoms with Crippen molar-refractivity contribution in [3.05, 3.63) is 35.4 Å². The van der Waals surface area contributed by atoms with E-state index in [1.54, 1.807) is 0 Å². The SMILES string of the molecule is Cc1ccc(CSC(N)=S)cc1. The van der Waals surface area contributed by atoms with Crippen LogP contribution in [0.15, 0.2) is 24.3 Å². The Morgan fingerprint density at radius 2 is 2.00 bits per heavy atom. The van der Waals surface area contributed by atoms with Crippen LogP contribution in [-0.4, -0.2) is 4.32 Å². The van der Waals surface area contributed by atoms with Gasteiger partial charge in [0.05, 0.1) is 0 Å². The molecule has 1 nitrogen and oxygen atoms in total. The molecule has 2 N–H and O–H groups in total. The number of nitrogens with two attached hydrogens (primary N) is 1. The van der Waals surface area contributed by atoms with E-state index in [0.717, 1.165) is 5.75 Å². The van der Waals surface area contributed by atoms with Crippen molar-refractivity contribution in [1.82, 2.24) is 0 Å². The van der Waals surface area contributed by atoms with Gasteiger partial charge in [-0.15, -0.1) is 0 Å². The van der Waals surface area contributed by atoms with Gasteiger partial charge in [-0.05, 0) is 12.5 Å². The van der Waals surface area contributed by atoms with E-state index in [9.17, 15) is 0 Å². The van der Waals surface area contributed by atoms with Gasteiger partial charge >= 0.3 is 0 Å². The zero-order valence-electron chi connectivity index (χ0n) is 6.91. The Labute approximate surface area is 82.3 Å². The lowest BCUT2D eigenvalue weighted by molar-refractivity contribution is 1.37. The molecule has 12 heavy (non-hydrogen) atoms. The molecule has 0 fully saturated rings. The fourth-order valence-corrected chi connectivity index (χ4v) is 1.52. The topological polar surface area (TPSA) is 26.0 Å². The van der Waals surface area contributed by atoms with Gasteiger partial charge in [0.1, 0.15) is 4.32 Å². The van der Waals surface area contributed by atoms with Gasteiger partial charge in [0, 0.05) is 5.75 Å². The van der Waals surface area contributed by atoms with Crippen LogP contribution in [0.5, 0.6) is 0 Å². The number of thiocarbonyl (C=S) groups is 1. The number of rotatable bonds is 2. The summed E-state index contributed by atoms with van der Waals surface area (Å²) in [7, 11) is 0. The Bertz CT molecular complexity index is 266. The summed E-state index contributed by atoms with van der Waals surface area (Å²) in [5.41, 5.74) is 7.90. The van der Waals surface area contributed by atoms with E-state index in [2.05, 4.69) is 31.2 Å². The van der Waals surface area contributed by atoms with E-state index >= 15 is 0 Å². The molecule has 0 bridgehead atoms. The molecular weight excluding hydrogens is 186 g/mol. The van der Waals surface area contributed by atoms with Crippen LogP contribution in [-0.2, 0) is 5.75 Å². The lowest BCUT2D eigenvalue weighted by Gasteiger charge is -1.99. The van der Waals surface area contributed by atoms with Gasteiger partial charge in [-0.1, -0.05) is 53.8 Å². The van der Waals surface area contributed by atoms with E-state index in [1.165, 1.54) is 22.9 Å². The predicted octanol–water partition coefficient (Wildman–Crippen LogP) is 2.47. The predicted molar refractivity (Wildman–Crippen MR) is 59.3 cm³/mol. The third kappa shape index (κ3) is 3.24. The first-order valence-electron chi connectivity index (χ1n) is 3.66. The van der Waals surface area contributed by atoms with Crippen molar-refractivity contribution >= 4 is 28.3 Å². The summed E-state index contributed by atoms with van der Waals surface area (Å²) in [5, 5.41) is 0. The fourth-order valence-electron chi connectivity index (χ4n) is 0.839. The minimum Gasteiger partial charge on any atom is -0.385 e. The Morgan fingerprint density at radius 3 is 2.50 bits per heavy atom. The molecule has 0 saturated heterocycles. The minimum absolute atomic E-state index is 0.510. The highest BCUT2D eigenvalue weighted by Crippen LogP contribution is 2.12. The molecule has 64 valence electrons. The van der Waals surface area contributed by atoms with Gasteiger partial charge in [-0.25, -0.2) is 0 Å². The lowest BCUT2D eigenvalue weighted by Crippen LogP contribution is -2.01. The summed E-state index contributed by atoms with van der Waals surface area (Å²) in [4.78, 5) is 0. The second-order valence-corrected chi connectivity index (χ2v) is 4.31. The monoisotopic (exact) mass is 197 g/mol. The van der Waals surface area contributed by atoms with Crippen LogP contribution >= 0.6 is 24.0 Å². The lowest BCUT2D eigenvalue weighted by atomic mass is 10.2. The minimum atomic E-state index is 0.510. The number of benzene rings is 1. The highest BCUT2D eigenvalue weighted by molar-refractivity contribution is 8.22. The number of thioether (sulfide) groups is 1. The van der Waals surface area contributed by atoms with Crippen LogP contribution < -0.4 is 5.73 Å². The molecule has 0 spiro atoms. The summed E-state index contributed by atoms with van der Waals surface area (Å²) < 4.78 is 0.510. The molecule has 1 rings (SSSR count). The van der Waals surface area contributed by atoms with Crippen molar-refractivity contribution in [3.8, 4) is 0 Å². The molecule has 0 aromatic heterocycles. The Morgan fingerprint density at radius 1 is 1.42 bits per heavy atom. The highest BCUT2D eigenvalue weighted by atomic mass is 32.2. The quantitative estimate of drug-likeness (QED) is 0.738. The largest absolute Gasteiger partial charge is 0.385 e. The maximum absolute atomic E-state index is 5.36. The van der Waals surface area contributed by atoms with Crippen molar-refractivity contribution in [2.24, 2.45) is 5.73 Å². The molecule has 0 heterocycles. The molecule has 1 aromatic rings. The summed E-state index contributed by atoms with van der Waals surface area (Å²) in [6.07, 6.45) is 0. The van der Waals surface area contributed by atoms with Crippen LogP contribution in [0, 0.1) is 6.92 Å². The fraction of sp³-hybridized carbons (Fsp3) is 0.222. The van der Waals surface area contributed by atoms with Crippen LogP contribution in [0.3, 0.4) is 0 Å². The molecule has 0 radical (unpaired) electrons. The van der Waals surface area contributed by atoms with Gasteiger partial charge in [0.2, 0.25) is 0 Å². The molecule has 0 amide bonds. The van der Waals surface area contributed by atoms with Gasteiger partial charge in [0.25, 0.3) is 0 Å². The van der Waals surface area contributed by atoms with Crippen LogP contribution in [0.1, 0.15) is 11.1 Å². The molecule has 0 atom stereocenters. The average Bonchev–Trinajstić information content (AvgIpc) is 2.03. The molecule has 0 saturated carbocycles. The van der Waals surface area contributed by atoms with Gasteiger partial charge < -0.3 is 5.73 Å². The van der Waals surface area contributed by atoms with Crippen molar-refractivity contribution < 1.29 is 0 Å². The van der Waals surface area contributed by atoms with E-state index < -0.39 is 0 Å². The summed E-state index contributed by atoms with van der Waals surface area (Å²) >= 11 is 6.26. The Kier molecular flexibility index (Phi) is 3.56. The maximum atomic E-state index is 5.36. The zero-order valence-corrected chi connectivity index (χ0v) is 8.54. The second kappa shape index (κ2) is 4.48. The maximum Gasteiger partial charge on any atom is 0.131 e. The van der Waals surface area contributed by atoms with Crippen LogP contribution in [0.25, 0.3) is 0 Å². The Balaban J connectivity index is 2.53. The standard InChI is InChI=1S/C9H11NS2/c1-7-2-4-8(5-3-7)6-12-9(10)11/h2-5H,6H2,1H3,(H2,10,11). The van der Waals surface area contributed by atoms with Crippen molar-refractivity contribution in [2.75, 3.05) is 0 Å². The van der Waals surface area contributed by atoms with E-state index in [-0.39, 0.29) is 0 Å². The molecule has 0 unspecified atom stereocenters. The third-order valence-corrected chi connectivity index (χ3v) is 2.62. The van der Waals surface area contributed by atoms with Gasteiger partial charge in [-0.3, -0.25) is 0 Å². The number of hydrogen-bond donors (Lipinski definition) is 1. The summed E-state index contributed by atoms with van der Waals surface area (Å²) in [5.74, 6) is 0.871. The summed E-state index contributed by atoms with van der Waals surface area (Å²) in [6.45, 7) is 2.07. The molecular formula is C9H11NS2. The van der Waals surface area contributed by atoms with E-state index in [0.29, 0.717) is 4.32 Å². The molecule has 0 aliphatic heterocycles. The zero-order chi connectivity index (χ0) is 8.97. The first-order chi connectivity index (χ1) is 5.68. The smallest absolute Gasteiger partial charge is 0.131 e. The average molecular weight is 197 g/mol. The summed E-state index contributed by atoms with van der Waals surface area (Å²) in [6, 6.07) is 8.38. The first kappa shape index (κ1) is 9.55. The normalized spacial score (nSPS) is 9.75. The second-order valence-electron chi connectivity index (χ2n) is 2.59. The first-order valence-corrected chi connectivity index (χ1v) is 5.05. The third-order valence-electron chi connectivity index (χ3n) is 1.50. The molecule has 3 heteroatoms. The van der Waals surface area contributed by atoms with Crippen molar-refractivity contribution in [3.63, 3.8) is 0 Å². The van der Waals surface area contributed by atoms with Gasteiger partial charge in [-0.2, -0.15) is 0 Å². The number of hydrogen-bond acceptors (Lipinski definition) is 2. The number of aryl methyl sites for hydroxylation is 1. The van der Waals surface area contributed by atoms with Crippen LogP contribution in [0.2, 0.25) is 0 Å². The molecule has 1 aromatic carbocycles. The molecule has 0 aliphatic rings. The molecule has 0 aliphatic carbocycles. The van der Waals surface area contributed by atoms with E-state index in [1.807, 2.05) is 0 Å².